The Balaban J connectivity index is 2.93. The van der Waals surface area contributed by atoms with Crippen molar-refractivity contribution >= 4 is 29.7 Å². The summed E-state index contributed by atoms with van der Waals surface area (Å²) in [5.41, 5.74) is 17.3. The molecule has 0 saturated heterocycles. The Labute approximate surface area is 214 Å². The van der Waals surface area contributed by atoms with Gasteiger partial charge in [-0.05, 0) is 42.9 Å². The molecule has 3 amide bonds. The summed E-state index contributed by atoms with van der Waals surface area (Å²) in [5.74, 6) is -4.13. The fraction of sp³-hybridized carbons (Fsp3) is 0.522. The standard InChI is InChI=1S/C23H37N7O7/c1-12(2)18(22(36)37)30-21(35)17(11-31)29-20(34)16(4-3-9-27-23(25)26)28-19(33)15(24)10-13-5-7-14(32)8-6-13/h5-8,12,15-18,31-32H,3-4,9-11,24H2,1-2H3,(H,28,33)(H,29,34)(H,30,35)(H,36,37)(H4,25,26,27). The predicted octanol–water partition coefficient (Wildman–Crippen LogP) is -2.50. The highest BCUT2D eigenvalue weighted by Crippen LogP contribution is 2.11. The van der Waals surface area contributed by atoms with Crippen LogP contribution in [0.5, 0.6) is 5.75 Å². The first-order valence-electron chi connectivity index (χ1n) is 11.7. The van der Waals surface area contributed by atoms with E-state index in [9.17, 15) is 34.5 Å². The molecule has 0 saturated carbocycles. The number of phenolic OH excluding ortho intramolecular Hbond substituents is 1. The topological polar surface area (TPSA) is 255 Å². The van der Waals surface area contributed by atoms with Gasteiger partial charge < -0.3 is 48.5 Å². The molecule has 1 aromatic carbocycles. The Morgan fingerprint density at radius 3 is 2.03 bits per heavy atom. The van der Waals surface area contributed by atoms with Gasteiger partial charge in [-0.15, -0.1) is 0 Å². The van der Waals surface area contributed by atoms with Crippen LogP contribution in [0.1, 0.15) is 32.3 Å². The van der Waals surface area contributed by atoms with Crippen LogP contribution in [0.15, 0.2) is 29.3 Å². The zero-order valence-corrected chi connectivity index (χ0v) is 20.9. The maximum Gasteiger partial charge on any atom is 0.326 e. The molecule has 0 aliphatic rings. The van der Waals surface area contributed by atoms with E-state index in [0.29, 0.717) is 5.56 Å². The Bertz CT molecular complexity index is 949. The zero-order chi connectivity index (χ0) is 28.1. The van der Waals surface area contributed by atoms with E-state index in [4.69, 9.17) is 17.2 Å². The fourth-order valence-electron chi connectivity index (χ4n) is 3.26. The number of amides is 3. The first-order valence-corrected chi connectivity index (χ1v) is 11.7. The molecule has 4 atom stereocenters. The number of aliphatic imine (C=N–C) groups is 1. The van der Waals surface area contributed by atoms with Gasteiger partial charge in [0.05, 0.1) is 12.6 Å². The number of nitrogens with zero attached hydrogens (tertiary/aromatic N) is 1. The zero-order valence-electron chi connectivity index (χ0n) is 20.9. The molecule has 0 heterocycles. The maximum atomic E-state index is 13.0. The molecule has 14 nitrogen and oxygen atoms in total. The average molecular weight is 524 g/mol. The van der Waals surface area contributed by atoms with Crippen LogP contribution in [0.3, 0.4) is 0 Å². The average Bonchev–Trinajstić information content (AvgIpc) is 2.83. The third-order valence-electron chi connectivity index (χ3n) is 5.35. The smallest absolute Gasteiger partial charge is 0.326 e. The van der Waals surface area contributed by atoms with Gasteiger partial charge in [-0.1, -0.05) is 26.0 Å². The molecule has 4 unspecified atom stereocenters. The van der Waals surface area contributed by atoms with Crippen molar-refractivity contribution in [1.82, 2.24) is 16.0 Å². The number of aliphatic carboxylic acids is 1. The number of carboxylic acids is 1. The second-order valence-corrected chi connectivity index (χ2v) is 8.80. The molecule has 1 aromatic rings. The van der Waals surface area contributed by atoms with Crippen molar-refractivity contribution in [2.24, 2.45) is 28.1 Å². The molecular formula is C23H37N7O7. The Morgan fingerprint density at radius 1 is 0.946 bits per heavy atom. The van der Waals surface area contributed by atoms with Gasteiger partial charge in [0.2, 0.25) is 17.7 Å². The number of hydrogen-bond donors (Lipinski definition) is 9. The van der Waals surface area contributed by atoms with Crippen LogP contribution in [-0.4, -0.2) is 82.3 Å². The Kier molecular flexibility index (Phi) is 12.8. The van der Waals surface area contributed by atoms with E-state index < -0.39 is 60.4 Å². The van der Waals surface area contributed by atoms with Crippen LogP contribution in [-0.2, 0) is 25.6 Å². The number of nitrogens with one attached hydrogen (secondary N) is 3. The highest BCUT2D eigenvalue weighted by Gasteiger charge is 2.31. The first kappa shape index (κ1) is 31.1. The lowest BCUT2D eigenvalue weighted by Gasteiger charge is -2.25. The summed E-state index contributed by atoms with van der Waals surface area (Å²) < 4.78 is 0. The number of rotatable bonds is 15. The number of carboxylic acid groups (broad SMARTS) is 1. The number of aromatic hydroxyl groups is 1. The number of carbonyl (C=O) groups is 4. The number of phenols is 1. The van der Waals surface area contributed by atoms with Gasteiger partial charge in [0.15, 0.2) is 5.96 Å². The minimum Gasteiger partial charge on any atom is -0.508 e. The largest absolute Gasteiger partial charge is 0.508 e. The SMILES string of the molecule is CC(C)C(NC(=O)C(CO)NC(=O)C(CCCN=C(N)N)NC(=O)C(N)Cc1ccc(O)cc1)C(=O)O. The third-order valence-corrected chi connectivity index (χ3v) is 5.35. The van der Waals surface area contributed by atoms with Crippen molar-refractivity contribution in [3.63, 3.8) is 0 Å². The highest BCUT2D eigenvalue weighted by atomic mass is 16.4. The molecule has 0 aliphatic carbocycles. The van der Waals surface area contributed by atoms with E-state index in [1.54, 1.807) is 26.0 Å². The number of aliphatic hydroxyl groups is 1. The summed E-state index contributed by atoms with van der Waals surface area (Å²) in [6, 6.07) is 1.23. The first-order chi connectivity index (χ1) is 17.3. The van der Waals surface area contributed by atoms with E-state index in [2.05, 4.69) is 20.9 Å². The molecule has 0 spiro atoms. The number of nitrogens with two attached hydrogens (primary N) is 3. The van der Waals surface area contributed by atoms with E-state index >= 15 is 0 Å². The molecule has 37 heavy (non-hydrogen) atoms. The molecule has 0 bridgehead atoms. The van der Waals surface area contributed by atoms with Gasteiger partial charge in [0, 0.05) is 6.54 Å². The van der Waals surface area contributed by atoms with Crippen molar-refractivity contribution in [3.05, 3.63) is 29.8 Å². The van der Waals surface area contributed by atoms with Crippen LogP contribution in [0, 0.1) is 5.92 Å². The lowest BCUT2D eigenvalue weighted by atomic mass is 10.0. The monoisotopic (exact) mass is 523 g/mol. The Morgan fingerprint density at radius 2 is 1.51 bits per heavy atom. The Hall–Kier alpha value is -3.91. The van der Waals surface area contributed by atoms with Crippen molar-refractivity contribution < 1.29 is 34.5 Å². The number of hydrogen-bond acceptors (Lipinski definition) is 8. The third kappa shape index (κ3) is 11.1. The van der Waals surface area contributed by atoms with E-state index in [1.165, 1.54) is 12.1 Å². The van der Waals surface area contributed by atoms with Gasteiger partial charge in [-0.2, -0.15) is 0 Å². The molecular weight excluding hydrogens is 486 g/mol. The molecule has 1 rings (SSSR count). The molecule has 0 aliphatic heterocycles. The molecule has 12 N–H and O–H groups in total. The number of aliphatic hydroxyl groups excluding tert-OH is 1. The summed E-state index contributed by atoms with van der Waals surface area (Å²) in [4.78, 5) is 53.4. The fourth-order valence-corrected chi connectivity index (χ4v) is 3.26. The van der Waals surface area contributed by atoms with E-state index in [1.807, 2.05) is 0 Å². The van der Waals surface area contributed by atoms with Crippen LogP contribution in [0.2, 0.25) is 0 Å². The van der Waals surface area contributed by atoms with Crippen molar-refractivity contribution in [2.45, 2.75) is 57.3 Å². The molecule has 206 valence electrons. The second kappa shape index (κ2) is 15.3. The molecule has 0 fully saturated rings. The summed E-state index contributed by atoms with van der Waals surface area (Å²) >= 11 is 0. The number of carbonyl (C=O) groups excluding carboxylic acids is 3. The van der Waals surface area contributed by atoms with E-state index in [-0.39, 0.29) is 37.5 Å². The summed E-state index contributed by atoms with van der Waals surface area (Å²) in [7, 11) is 0. The van der Waals surface area contributed by atoms with Crippen molar-refractivity contribution in [1.29, 1.82) is 0 Å². The summed E-state index contributed by atoms with van der Waals surface area (Å²) in [6.45, 7) is 2.54. The lowest BCUT2D eigenvalue weighted by Crippen LogP contribution is -2.58. The quantitative estimate of drug-likeness (QED) is 0.0663. The van der Waals surface area contributed by atoms with Crippen LogP contribution >= 0.6 is 0 Å². The van der Waals surface area contributed by atoms with Gasteiger partial charge in [0.25, 0.3) is 0 Å². The van der Waals surface area contributed by atoms with Crippen LogP contribution < -0.4 is 33.2 Å². The van der Waals surface area contributed by atoms with E-state index in [0.717, 1.165) is 0 Å². The second-order valence-electron chi connectivity index (χ2n) is 8.80. The predicted molar refractivity (Wildman–Crippen MR) is 135 cm³/mol. The van der Waals surface area contributed by atoms with Crippen molar-refractivity contribution in [3.8, 4) is 5.75 Å². The van der Waals surface area contributed by atoms with Crippen LogP contribution in [0.25, 0.3) is 0 Å². The van der Waals surface area contributed by atoms with Gasteiger partial charge in [0.1, 0.15) is 23.9 Å². The number of benzene rings is 1. The van der Waals surface area contributed by atoms with Gasteiger partial charge in [-0.25, -0.2) is 4.79 Å². The summed E-state index contributed by atoms with van der Waals surface area (Å²) in [6.07, 6.45) is 0.486. The summed E-state index contributed by atoms with van der Waals surface area (Å²) in [5, 5.41) is 35.5. The van der Waals surface area contributed by atoms with Gasteiger partial charge in [-0.3, -0.25) is 19.4 Å². The molecule has 14 heteroatoms. The number of guanidine groups is 1. The minimum atomic E-state index is -1.46. The molecule has 0 radical (unpaired) electrons. The highest BCUT2D eigenvalue weighted by molar-refractivity contribution is 5.94. The maximum absolute atomic E-state index is 13.0. The minimum absolute atomic E-state index is 0.0600. The molecule has 0 aromatic heterocycles. The van der Waals surface area contributed by atoms with Gasteiger partial charge >= 0.3 is 5.97 Å². The van der Waals surface area contributed by atoms with Crippen molar-refractivity contribution in [2.75, 3.05) is 13.2 Å². The lowest BCUT2D eigenvalue weighted by molar-refractivity contribution is -0.143. The normalized spacial score (nSPS) is 14.1. The van der Waals surface area contributed by atoms with Crippen LogP contribution in [0.4, 0.5) is 0 Å².